The maximum atomic E-state index is 12.3. The van der Waals surface area contributed by atoms with Crippen molar-refractivity contribution >= 4 is 35.1 Å². The fourth-order valence-corrected chi connectivity index (χ4v) is 2.93. The van der Waals surface area contributed by atoms with E-state index in [0.717, 1.165) is 5.56 Å². The van der Waals surface area contributed by atoms with Crippen LogP contribution in [0.1, 0.15) is 29.9 Å². The first kappa shape index (κ1) is 20.1. The van der Waals surface area contributed by atoms with Gasteiger partial charge in [-0.15, -0.1) is 0 Å². The van der Waals surface area contributed by atoms with Crippen LogP contribution in [0, 0.1) is 0 Å². The van der Waals surface area contributed by atoms with Crippen LogP contribution >= 0.6 is 23.2 Å². The number of carbonyl (C=O) groups excluding carboxylic acids is 1. The quantitative estimate of drug-likeness (QED) is 0.699. The number of benzene rings is 2. The Morgan fingerprint density at radius 3 is 2.50 bits per heavy atom. The fraction of sp³-hybridized carbons (Fsp3) is 0.263. The second kappa shape index (κ2) is 9.46. The van der Waals surface area contributed by atoms with Gasteiger partial charge < -0.3 is 15.2 Å². The Kier molecular flexibility index (Phi) is 7.30. The van der Waals surface area contributed by atoms with Gasteiger partial charge in [-0.2, -0.15) is 0 Å². The third-order valence-corrected chi connectivity index (χ3v) is 4.68. The molecule has 0 radical (unpaired) electrons. The maximum absolute atomic E-state index is 12.3. The number of aliphatic carboxylic acids is 1. The zero-order chi connectivity index (χ0) is 19.1. The lowest BCUT2D eigenvalue weighted by Gasteiger charge is -2.16. The molecule has 1 unspecified atom stereocenters. The monoisotopic (exact) mass is 395 g/mol. The van der Waals surface area contributed by atoms with E-state index in [2.05, 4.69) is 5.32 Å². The molecule has 0 fully saturated rings. The molecule has 1 atom stereocenters. The first-order valence-electron chi connectivity index (χ1n) is 7.96. The molecule has 5 nitrogen and oxygen atoms in total. The molecule has 0 saturated heterocycles. The summed E-state index contributed by atoms with van der Waals surface area (Å²) >= 11 is 11.9. The Morgan fingerprint density at radius 2 is 1.85 bits per heavy atom. The third-order valence-electron chi connectivity index (χ3n) is 3.94. The molecule has 0 spiro atoms. The summed E-state index contributed by atoms with van der Waals surface area (Å²) in [5, 5.41) is 12.7. The summed E-state index contributed by atoms with van der Waals surface area (Å²) in [4.78, 5) is 23.5. The number of hydrogen-bond donors (Lipinski definition) is 2. The van der Waals surface area contributed by atoms with Crippen LogP contribution in [-0.4, -0.2) is 24.1 Å². The van der Waals surface area contributed by atoms with Crippen LogP contribution in [-0.2, 0) is 16.1 Å². The number of carbonyl (C=O) groups is 2. The topological polar surface area (TPSA) is 75.6 Å². The number of para-hydroxylation sites is 1. The molecular formula is C19H19Cl2NO4. The zero-order valence-corrected chi connectivity index (χ0v) is 15.7. The number of methoxy groups -OCH3 is 1. The van der Waals surface area contributed by atoms with Crippen molar-refractivity contribution in [2.24, 2.45) is 0 Å². The molecule has 2 rings (SSSR count). The summed E-state index contributed by atoms with van der Waals surface area (Å²) in [7, 11) is 1.56. The first-order valence-corrected chi connectivity index (χ1v) is 8.71. The van der Waals surface area contributed by atoms with Crippen LogP contribution in [0.5, 0.6) is 5.75 Å². The van der Waals surface area contributed by atoms with E-state index in [4.69, 9.17) is 33.0 Å². The Morgan fingerprint density at radius 1 is 1.12 bits per heavy atom. The minimum absolute atomic E-state index is 0.0272. The van der Waals surface area contributed by atoms with E-state index in [1.165, 1.54) is 0 Å². The smallest absolute Gasteiger partial charge is 0.303 e. The van der Waals surface area contributed by atoms with Gasteiger partial charge in [-0.3, -0.25) is 9.59 Å². The minimum atomic E-state index is -0.987. The molecule has 2 N–H and O–H groups in total. The molecule has 0 aliphatic heterocycles. The highest BCUT2D eigenvalue weighted by Crippen LogP contribution is 2.30. The maximum Gasteiger partial charge on any atom is 0.303 e. The zero-order valence-electron chi connectivity index (χ0n) is 14.2. The molecule has 0 bridgehead atoms. The van der Waals surface area contributed by atoms with Crippen molar-refractivity contribution in [1.29, 1.82) is 0 Å². The van der Waals surface area contributed by atoms with E-state index in [9.17, 15) is 9.59 Å². The number of rotatable bonds is 8. The van der Waals surface area contributed by atoms with E-state index in [1.807, 2.05) is 24.3 Å². The number of ether oxygens (including phenoxy) is 1. The van der Waals surface area contributed by atoms with Gasteiger partial charge in [-0.1, -0.05) is 47.5 Å². The Bertz CT molecular complexity index is 795. The highest BCUT2D eigenvalue weighted by molar-refractivity contribution is 6.42. The van der Waals surface area contributed by atoms with Crippen molar-refractivity contribution in [3.8, 4) is 5.75 Å². The highest BCUT2D eigenvalue weighted by Gasteiger charge is 2.20. The summed E-state index contributed by atoms with van der Waals surface area (Å²) < 4.78 is 5.25. The second-order valence-corrected chi connectivity index (χ2v) is 6.58. The van der Waals surface area contributed by atoms with E-state index >= 15 is 0 Å². The Balaban J connectivity index is 2.06. The standard InChI is InChI=1S/C19H19Cl2NO4/c1-26-17-5-3-2-4-13(17)11-22-18(23)9-14(10-19(24)25)12-6-7-15(20)16(21)8-12/h2-8,14H,9-11H2,1H3,(H,22,23)(H,24,25). The molecular weight excluding hydrogens is 377 g/mol. The summed E-state index contributed by atoms with van der Waals surface area (Å²) in [5.74, 6) is -1.06. The highest BCUT2D eigenvalue weighted by atomic mass is 35.5. The predicted octanol–water partition coefficient (Wildman–Crippen LogP) is 4.27. The number of carboxylic acid groups (broad SMARTS) is 1. The minimum Gasteiger partial charge on any atom is -0.496 e. The molecule has 2 aromatic carbocycles. The van der Waals surface area contributed by atoms with Gasteiger partial charge in [0.05, 0.1) is 23.6 Å². The molecule has 0 saturated carbocycles. The number of carboxylic acids is 1. The van der Waals surface area contributed by atoms with E-state index < -0.39 is 11.9 Å². The Labute approximate surface area is 161 Å². The predicted molar refractivity (Wildman–Crippen MR) is 101 cm³/mol. The van der Waals surface area contributed by atoms with Gasteiger partial charge in [0.1, 0.15) is 5.75 Å². The van der Waals surface area contributed by atoms with E-state index in [1.54, 1.807) is 25.3 Å². The molecule has 0 aliphatic carbocycles. The SMILES string of the molecule is COc1ccccc1CNC(=O)CC(CC(=O)O)c1ccc(Cl)c(Cl)c1. The van der Waals surface area contributed by atoms with Crippen LogP contribution in [0.4, 0.5) is 0 Å². The van der Waals surface area contributed by atoms with Crippen LogP contribution in [0.3, 0.4) is 0 Å². The van der Waals surface area contributed by atoms with Crippen molar-refractivity contribution < 1.29 is 19.4 Å². The normalized spacial score (nSPS) is 11.7. The number of hydrogen-bond acceptors (Lipinski definition) is 3. The molecule has 0 aromatic heterocycles. The van der Waals surface area contributed by atoms with Gasteiger partial charge in [0.2, 0.25) is 5.91 Å². The molecule has 0 aliphatic rings. The van der Waals surface area contributed by atoms with Crippen molar-refractivity contribution in [3.63, 3.8) is 0 Å². The summed E-state index contributed by atoms with van der Waals surface area (Å²) in [6.07, 6.45) is -0.153. The molecule has 0 heterocycles. The molecule has 7 heteroatoms. The average molecular weight is 396 g/mol. The van der Waals surface area contributed by atoms with Gasteiger partial charge in [0, 0.05) is 24.4 Å². The number of halogens is 2. The van der Waals surface area contributed by atoms with Crippen molar-refractivity contribution in [3.05, 3.63) is 63.6 Å². The third kappa shape index (κ3) is 5.64. The molecule has 138 valence electrons. The fourth-order valence-electron chi connectivity index (χ4n) is 2.62. The summed E-state index contributed by atoms with van der Waals surface area (Å²) in [5.41, 5.74) is 1.50. The van der Waals surface area contributed by atoms with Crippen molar-refractivity contribution in [2.75, 3.05) is 7.11 Å². The summed E-state index contributed by atoms with van der Waals surface area (Å²) in [6, 6.07) is 12.3. The van der Waals surface area contributed by atoms with Gasteiger partial charge >= 0.3 is 5.97 Å². The lowest BCUT2D eigenvalue weighted by atomic mass is 9.92. The van der Waals surface area contributed by atoms with Crippen LogP contribution in [0.2, 0.25) is 10.0 Å². The van der Waals surface area contributed by atoms with Gasteiger partial charge in [0.25, 0.3) is 0 Å². The van der Waals surface area contributed by atoms with Gasteiger partial charge in [-0.05, 0) is 23.8 Å². The number of amides is 1. The molecule has 1 amide bonds. The first-order chi connectivity index (χ1) is 12.4. The van der Waals surface area contributed by atoms with E-state index in [-0.39, 0.29) is 18.7 Å². The van der Waals surface area contributed by atoms with Crippen molar-refractivity contribution in [1.82, 2.24) is 5.32 Å². The van der Waals surface area contributed by atoms with E-state index in [0.29, 0.717) is 27.9 Å². The molecule has 26 heavy (non-hydrogen) atoms. The molecule has 2 aromatic rings. The van der Waals surface area contributed by atoms with Crippen LogP contribution < -0.4 is 10.1 Å². The average Bonchev–Trinajstić information content (AvgIpc) is 2.61. The largest absolute Gasteiger partial charge is 0.496 e. The van der Waals surface area contributed by atoms with Gasteiger partial charge in [-0.25, -0.2) is 0 Å². The second-order valence-electron chi connectivity index (χ2n) is 5.76. The number of nitrogens with one attached hydrogen (secondary N) is 1. The van der Waals surface area contributed by atoms with Crippen LogP contribution in [0.15, 0.2) is 42.5 Å². The van der Waals surface area contributed by atoms with Gasteiger partial charge in [0.15, 0.2) is 0 Å². The van der Waals surface area contributed by atoms with Crippen molar-refractivity contribution in [2.45, 2.75) is 25.3 Å². The lowest BCUT2D eigenvalue weighted by molar-refractivity contribution is -0.137. The van der Waals surface area contributed by atoms with Crippen LogP contribution in [0.25, 0.3) is 0 Å². The Hall–Kier alpha value is -2.24. The summed E-state index contributed by atoms with van der Waals surface area (Å²) in [6.45, 7) is 0.296. The lowest BCUT2D eigenvalue weighted by Crippen LogP contribution is -2.25.